The predicted octanol–water partition coefficient (Wildman–Crippen LogP) is 1.64. The van der Waals surface area contributed by atoms with Crippen LogP contribution in [0.3, 0.4) is 0 Å². The lowest BCUT2D eigenvalue weighted by Crippen LogP contribution is -2.51. The molecule has 1 spiro atoms. The van der Waals surface area contributed by atoms with E-state index < -0.39 is 17.5 Å². The first-order chi connectivity index (χ1) is 13.5. The fourth-order valence-electron chi connectivity index (χ4n) is 4.28. The van der Waals surface area contributed by atoms with Gasteiger partial charge in [-0.15, -0.1) is 0 Å². The summed E-state index contributed by atoms with van der Waals surface area (Å²) in [5.41, 5.74) is 3.15. The molecular formula is C20H24N4O4. The number of anilines is 1. The third-order valence-corrected chi connectivity index (χ3v) is 5.79. The first kappa shape index (κ1) is 18.5. The molecule has 3 fully saturated rings. The van der Waals surface area contributed by atoms with Gasteiger partial charge in [0.25, 0.3) is 5.91 Å². The maximum atomic E-state index is 12.7. The Bertz CT molecular complexity index is 814. The van der Waals surface area contributed by atoms with Crippen molar-refractivity contribution in [3.63, 3.8) is 0 Å². The molecule has 4 rings (SSSR count). The molecule has 2 aliphatic heterocycles. The lowest BCUT2D eigenvalue weighted by molar-refractivity contribution is -0.139. The van der Waals surface area contributed by atoms with E-state index in [2.05, 4.69) is 10.7 Å². The van der Waals surface area contributed by atoms with E-state index in [1.165, 1.54) is 0 Å². The number of rotatable bonds is 4. The predicted molar refractivity (Wildman–Crippen MR) is 101 cm³/mol. The second kappa shape index (κ2) is 7.26. The van der Waals surface area contributed by atoms with Gasteiger partial charge in [-0.2, -0.15) is 5.01 Å². The molecule has 8 heteroatoms. The van der Waals surface area contributed by atoms with Crippen molar-refractivity contribution in [1.29, 1.82) is 0 Å². The highest BCUT2D eigenvalue weighted by molar-refractivity contribution is 6.08. The zero-order chi connectivity index (χ0) is 19.7. The van der Waals surface area contributed by atoms with Crippen molar-refractivity contribution in [1.82, 2.24) is 15.8 Å². The van der Waals surface area contributed by atoms with Gasteiger partial charge in [0.05, 0.1) is 6.42 Å². The molecule has 8 nitrogen and oxygen atoms in total. The molecule has 0 radical (unpaired) electrons. The summed E-state index contributed by atoms with van der Waals surface area (Å²) in [6.07, 6.45) is 5.52. The summed E-state index contributed by atoms with van der Waals surface area (Å²) < 4.78 is 0. The molecule has 1 saturated carbocycles. The molecule has 2 heterocycles. The van der Waals surface area contributed by atoms with E-state index in [1.807, 2.05) is 12.1 Å². The molecule has 3 aliphatic rings. The fraction of sp³-hybridized carbons (Fsp3) is 0.500. The van der Waals surface area contributed by atoms with E-state index in [9.17, 15) is 19.2 Å². The topological polar surface area (TPSA) is 98.8 Å². The van der Waals surface area contributed by atoms with Gasteiger partial charge in [0.1, 0.15) is 5.54 Å². The first-order valence-corrected chi connectivity index (χ1v) is 9.84. The Hall–Kier alpha value is -2.90. The Morgan fingerprint density at radius 2 is 1.75 bits per heavy atom. The fourth-order valence-corrected chi connectivity index (χ4v) is 4.28. The molecule has 148 valence electrons. The minimum Gasteiger partial charge on any atom is -0.322 e. The van der Waals surface area contributed by atoms with Crippen molar-refractivity contribution in [3.8, 4) is 0 Å². The Labute approximate surface area is 163 Å². The Morgan fingerprint density at radius 3 is 2.39 bits per heavy atom. The zero-order valence-electron chi connectivity index (χ0n) is 15.7. The standard InChI is InChI=1S/C20H24N4O4/c25-16(13-14-6-8-15(9-7-14)23-12-4-5-17(23)26)22-24-18(27)20(21-19(24)28)10-2-1-3-11-20/h6-9H,1-5,10-13H2,(H,21,28)(H,22,25). The van der Waals surface area contributed by atoms with E-state index >= 15 is 0 Å². The monoisotopic (exact) mass is 384 g/mol. The lowest BCUT2D eigenvalue weighted by Gasteiger charge is -2.30. The average molecular weight is 384 g/mol. The molecular weight excluding hydrogens is 360 g/mol. The maximum Gasteiger partial charge on any atom is 0.344 e. The van der Waals surface area contributed by atoms with Gasteiger partial charge in [0.2, 0.25) is 11.8 Å². The number of carbonyl (C=O) groups excluding carboxylic acids is 4. The summed E-state index contributed by atoms with van der Waals surface area (Å²) in [4.78, 5) is 50.8. The number of imide groups is 1. The highest BCUT2D eigenvalue weighted by Gasteiger charge is 2.52. The van der Waals surface area contributed by atoms with Crippen molar-refractivity contribution in [2.24, 2.45) is 0 Å². The zero-order valence-corrected chi connectivity index (χ0v) is 15.7. The minimum atomic E-state index is -0.855. The number of hydrogen-bond donors (Lipinski definition) is 2. The van der Waals surface area contributed by atoms with Crippen molar-refractivity contribution >= 4 is 29.4 Å². The molecule has 2 N–H and O–H groups in total. The van der Waals surface area contributed by atoms with Crippen molar-refractivity contribution < 1.29 is 19.2 Å². The first-order valence-electron chi connectivity index (χ1n) is 9.84. The highest BCUT2D eigenvalue weighted by atomic mass is 16.2. The molecule has 0 bridgehead atoms. The quantitative estimate of drug-likeness (QED) is 0.771. The van der Waals surface area contributed by atoms with Gasteiger partial charge in [-0.05, 0) is 37.0 Å². The summed E-state index contributed by atoms with van der Waals surface area (Å²) in [6.45, 7) is 0.715. The molecule has 1 aromatic carbocycles. The van der Waals surface area contributed by atoms with E-state index in [1.54, 1.807) is 17.0 Å². The third kappa shape index (κ3) is 3.34. The van der Waals surface area contributed by atoms with Gasteiger partial charge in [-0.1, -0.05) is 31.4 Å². The number of nitrogens with one attached hydrogen (secondary N) is 2. The Kier molecular flexibility index (Phi) is 4.78. The number of amides is 5. The smallest absolute Gasteiger partial charge is 0.322 e. The molecule has 0 unspecified atom stereocenters. The van der Waals surface area contributed by atoms with Gasteiger partial charge in [-0.25, -0.2) is 4.79 Å². The maximum absolute atomic E-state index is 12.7. The normalized spacial score (nSPS) is 21.4. The van der Waals surface area contributed by atoms with Crippen molar-refractivity contribution in [2.45, 2.75) is 56.9 Å². The summed E-state index contributed by atoms with van der Waals surface area (Å²) >= 11 is 0. The molecule has 2 saturated heterocycles. The van der Waals surface area contributed by atoms with Crippen LogP contribution < -0.4 is 15.6 Å². The van der Waals surface area contributed by atoms with Crippen LogP contribution in [-0.4, -0.2) is 40.8 Å². The Balaban J connectivity index is 1.37. The Morgan fingerprint density at radius 1 is 1.04 bits per heavy atom. The van der Waals surface area contributed by atoms with E-state index in [0.717, 1.165) is 41.9 Å². The molecule has 1 aromatic rings. The summed E-state index contributed by atoms with van der Waals surface area (Å²) in [5, 5.41) is 3.59. The van der Waals surface area contributed by atoms with Gasteiger partial charge >= 0.3 is 6.03 Å². The number of hydrazine groups is 1. The molecule has 0 aromatic heterocycles. The number of urea groups is 1. The van der Waals surface area contributed by atoms with Gasteiger partial charge in [0, 0.05) is 18.7 Å². The van der Waals surface area contributed by atoms with E-state index in [4.69, 9.17) is 0 Å². The van der Waals surface area contributed by atoms with E-state index in [0.29, 0.717) is 25.8 Å². The largest absolute Gasteiger partial charge is 0.344 e. The average Bonchev–Trinajstić information content (AvgIpc) is 3.20. The molecule has 0 atom stereocenters. The van der Waals surface area contributed by atoms with Gasteiger partial charge in [-0.3, -0.25) is 19.8 Å². The third-order valence-electron chi connectivity index (χ3n) is 5.79. The highest BCUT2D eigenvalue weighted by Crippen LogP contribution is 2.33. The molecule has 1 aliphatic carbocycles. The van der Waals surface area contributed by atoms with Crippen LogP contribution in [0.4, 0.5) is 10.5 Å². The summed E-state index contributed by atoms with van der Waals surface area (Å²) in [6, 6.07) is 6.64. The second-order valence-corrected chi connectivity index (χ2v) is 7.74. The second-order valence-electron chi connectivity index (χ2n) is 7.74. The number of hydrogen-bond acceptors (Lipinski definition) is 4. The molecule has 5 amide bonds. The van der Waals surface area contributed by atoms with Gasteiger partial charge in [0.15, 0.2) is 0 Å². The van der Waals surface area contributed by atoms with Crippen LogP contribution >= 0.6 is 0 Å². The van der Waals surface area contributed by atoms with Crippen LogP contribution in [0.5, 0.6) is 0 Å². The lowest BCUT2D eigenvalue weighted by atomic mass is 9.82. The van der Waals surface area contributed by atoms with Crippen LogP contribution in [-0.2, 0) is 20.8 Å². The summed E-state index contributed by atoms with van der Waals surface area (Å²) in [7, 11) is 0. The van der Waals surface area contributed by atoms with Crippen molar-refractivity contribution in [3.05, 3.63) is 29.8 Å². The van der Waals surface area contributed by atoms with E-state index in [-0.39, 0.29) is 18.2 Å². The SMILES string of the molecule is O=C(Cc1ccc(N2CCCC2=O)cc1)NN1C(=O)NC2(CCCCC2)C1=O. The van der Waals surface area contributed by atoms with Crippen LogP contribution in [0.15, 0.2) is 24.3 Å². The van der Waals surface area contributed by atoms with Crippen LogP contribution in [0, 0.1) is 0 Å². The van der Waals surface area contributed by atoms with Crippen LogP contribution in [0.1, 0.15) is 50.5 Å². The van der Waals surface area contributed by atoms with Crippen LogP contribution in [0.25, 0.3) is 0 Å². The summed E-state index contributed by atoms with van der Waals surface area (Å²) in [5.74, 6) is -0.685. The number of benzene rings is 1. The minimum absolute atomic E-state index is 0.0400. The van der Waals surface area contributed by atoms with Gasteiger partial charge < -0.3 is 10.2 Å². The number of carbonyl (C=O) groups is 4. The van der Waals surface area contributed by atoms with Crippen molar-refractivity contribution in [2.75, 3.05) is 11.4 Å². The molecule has 28 heavy (non-hydrogen) atoms. The number of nitrogens with zero attached hydrogens (tertiary/aromatic N) is 2. The van der Waals surface area contributed by atoms with Crippen LogP contribution in [0.2, 0.25) is 0 Å².